The molecule has 0 N–H and O–H groups in total. The lowest BCUT2D eigenvalue weighted by Crippen LogP contribution is -2.05. The van der Waals surface area contributed by atoms with Crippen molar-refractivity contribution in [1.29, 1.82) is 0 Å². The summed E-state index contributed by atoms with van der Waals surface area (Å²) in [5.41, 5.74) is 0.784. The predicted molar refractivity (Wildman–Crippen MR) is 69.7 cm³/mol. The maximum absolute atomic E-state index is 12.2. The van der Waals surface area contributed by atoms with Crippen molar-refractivity contribution >= 4 is 11.6 Å². The van der Waals surface area contributed by atoms with Crippen molar-refractivity contribution < 1.29 is 18.4 Å². The summed E-state index contributed by atoms with van der Waals surface area (Å²) in [5, 5.41) is 0. The van der Waals surface area contributed by atoms with E-state index in [0.717, 1.165) is 0 Å². The minimum atomic E-state index is -0.268. The Morgan fingerprint density at radius 2 is 1.60 bits per heavy atom. The second kappa shape index (κ2) is 4.70. The van der Waals surface area contributed by atoms with Crippen LogP contribution in [0.15, 0.2) is 57.9 Å². The summed E-state index contributed by atoms with van der Waals surface area (Å²) in [5.74, 6) is -0.0455. The van der Waals surface area contributed by atoms with Gasteiger partial charge in [-0.25, -0.2) is 0 Å². The zero-order valence-electron chi connectivity index (χ0n) is 10.7. The van der Waals surface area contributed by atoms with Crippen LogP contribution < -0.4 is 0 Å². The number of aromatic nitrogens is 1. The van der Waals surface area contributed by atoms with Crippen molar-refractivity contribution in [3.05, 3.63) is 71.8 Å². The van der Waals surface area contributed by atoms with E-state index in [4.69, 9.17) is 8.83 Å². The maximum atomic E-state index is 12.2. The number of hydrogen-bond acceptors (Lipinski definition) is 4. The SMILES string of the molecule is Cn1cc(C(=O)c2ccco2)cc1C(=O)c1ccco1. The standard InChI is InChI=1S/C15H11NO4/c1-16-9-10(14(17)12-4-2-6-19-12)8-11(16)15(18)13-5-3-7-20-13/h2-9H,1H3. The van der Waals surface area contributed by atoms with Crippen molar-refractivity contribution in [3.8, 4) is 0 Å². The fourth-order valence-corrected chi connectivity index (χ4v) is 2.00. The number of furan rings is 2. The maximum Gasteiger partial charge on any atom is 0.244 e. The van der Waals surface area contributed by atoms with Gasteiger partial charge in [0.2, 0.25) is 11.6 Å². The molecule has 0 bridgehead atoms. The zero-order valence-corrected chi connectivity index (χ0v) is 10.7. The largest absolute Gasteiger partial charge is 0.461 e. The molecule has 3 aromatic heterocycles. The van der Waals surface area contributed by atoms with Gasteiger partial charge in [0.15, 0.2) is 11.5 Å². The van der Waals surface area contributed by atoms with Gasteiger partial charge in [-0.05, 0) is 30.3 Å². The minimum Gasteiger partial charge on any atom is -0.461 e. The van der Waals surface area contributed by atoms with Crippen LogP contribution >= 0.6 is 0 Å². The highest BCUT2D eigenvalue weighted by molar-refractivity contribution is 6.11. The highest BCUT2D eigenvalue weighted by atomic mass is 16.3. The summed E-state index contributed by atoms with van der Waals surface area (Å²) in [6, 6.07) is 8.00. The lowest BCUT2D eigenvalue weighted by atomic mass is 10.1. The topological polar surface area (TPSA) is 65.3 Å². The fraction of sp³-hybridized carbons (Fsp3) is 0.0667. The van der Waals surface area contributed by atoms with Crippen molar-refractivity contribution in [2.75, 3.05) is 0 Å². The average molecular weight is 269 g/mol. The summed E-state index contributed by atoms with van der Waals surface area (Å²) in [7, 11) is 1.70. The Morgan fingerprint density at radius 1 is 1.00 bits per heavy atom. The van der Waals surface area contributed by atoms with Crippen LogP contribution in [0.25, 0.3) is 0 Å². The highest BCUT2D eigenvalue weighted by Gasteiger charge is 2.20. The monoisotopic (exact) mass is 269 g/mol. The number of rotatable bonds is 4. The smallest absolute Gasteiger partial charge is 0.244 e. The number of nitrogens with zero attached hydrogens (tertiary/aromatic N) is 1. The van der Waals surface area contributed by atoms with E-state index >= 15 is 0 Å². The minimum absolute atomic E-state index is 0.239. The molecule has 0 saturated heterocycles. The lowest BCUT2D eigenvalue weighted by molar-refractivity contribution is 0.1000. The molecule has 0 aliphatic rings. The van der Waals surface area contributed by atoms with Crippen LogP contribution in [0.4, 0.5) is 0 Å². The number of carbonyl (C=O) groups is 2. The van der Waals surface area contributed by atoms with E-state index in [1.165, 1.54) is 18.6 Å². The van der Waals surface area contributed by atoms with Gasteiger partial charge in [0.1, 0.15) is 0 Å². The van der Waals surface area contributed by atoms with Gasteiger partial charge in [-0.1, -0.05) is 0 Å². The fourth-order valence-electron chi connectivity index (χ4n) is 2.00. The Hall–Kier alpha value is -2.82. The van der Waals surface area contributed by atoms with Gasteiger partial charge in [0.05, 0.1) is 18.2 Å². The Labute approximate surface area is 114 Å². The molecule has 3 rings (SSSR count). The van der Waals surface area contributed by atoms with Crippen molar-refractivity contribution in [3.63, 3.8) is 0 Å². The van der Waals surface area contributed by atoms with Crippen LogP contribution in [0.3, 0.4) is 0 Å². The van der Waals surface area contributed by atoms with Crippen LogP contribution in [0.5, 0.6) is 0 Å². The van der Waals surface area contributed by atoms with E-state index in [1.807, 2.05) is 0 Å². The van der Waals surface area contributed by atoms with Gasteiger partial charge in [-0.15, -0.1) is 0 Å². The zero-order chi connectivity index (χ0) is 14.1. The van der Waals surface area contributed by atoms with E-state index in [2.05, 4.69) is 0 Å². The first-order valence-corrected chi connectivity index (χ1v) is 5.99. The van der Waals surface area contributed by atoms with Gasteiger partial charge >= 0.3 is 0 Å². The summed E-state index contributed by atoms with van der Waals surface area (Å²) in [6.07, 6.45) is 4.47. The Kier molecular flexibility index (Phi) is 2.87. The molecule has 0 atom stereocenters. The van der Waals surface area contributed by atoms with Gasteiger partial charge < -0.3 is 13.4 Å². The van der Waals surface area contributed by atoms with Gasteiger partial charge in [0, 0.05) is 18.8 Å². The molecular weight excluding hydrogens is 258 g/mol. The summed E-state index contributed by atoms with van der Waals surface area (Å²) in [4.78, 5) is 24.3. The Balaban J connectivity index is 1.96. The molecule has 0 amide bonds. The summed E-state index contributed by atoms with van der Waals surface area (Å²) >= 11 is 0. The highest BCUT2D eigenvalue weighted by Crippen LogP contribution is 2.17. The molecule has 0 spiro atoms. The van der Waals surface area contributed by atoms with E-state index in [0.29, 0.717) is 11.3 Å². The molecular formula is C15H11NO4. The van der Waals surface area contributed by atoms with Crippen LogP contribution in [-0.2, 0) is 7.05 Å². The molecule has 3 heterocycles. The normalized spacial score (nSPS) is 10.7. The first-order chi connectivity index (χ1) is 9.66. The average Bonchev–Trinajstić information content (AvgIpc) is 3.18. The van der Waals surface area contributed by atoms with Crippen LogP contribution in [0.1, 0.15) is 32.4 Å². The summed E-state index contributed by atoms with van der Waals surface area (Å²) in [6.45, 7) is 0. The van der Waals surface area contributed by atoms with Gasteiger partial charge in [0.25, 0.3) is 0 Å². The molecule has 20 heavy (non-hydrogen) atoms. The number of hydrogen-bond donors (Lipinski definition) is 0. The van der Waals surface area contributed by atoms with E-state index < -0.39 is 0 Å². The van der Waals surface area contributed by atoms with Crippen molar-refractivity contribution in [1.82, 2.24) is 4.57 Å². The van der Waals surface area contributed by atoms with Gasteiger partial charge in [-0.3, -0.25) is 9.59 Å². The summed E-state index contributed by atoms with van der Waals surface area (Å²) < 4.78 is 11.7. The first-order valence-electron chi connectivity index (χ1n) is 5.99. The van der Waals surface area contributed by atoms with Crippen molar-refractivity contribution in [2.45, 2.75) is 0 Å². The molecule has 100 valence electrons. The number of aryl methyl sites for hydroxylation is 1. The molecule has 0 saturated carbocycles. The second-order valence-corrected chi connectivity index (χ2v) is 4.34. The van der Waals surface area contributed by atoms with Crippen LogP contribution in [0.2, 0.25) is 0 Å². The molecule has 5 heteroatoms. The molecule has 0 fully saturated rings. The second-order valence-electron chi connectivity index (χ2n) is 4.34. The first kappa shape index (κ1) is 12.2. The molecule has 0 aliphatic carbocycles. The molecule has 5 nitrogen and oxygen atoms in total. The quantitative estimate of drug-likeness (QED) is 0.683. The number of ketones is 2. The third kappa shape index (κ3) is 1.99. The third-order valence-electron chi connectivity index (χ3n) is 2.99. The molecule has 0 aliphatic heterocycles. The molecule has 3 aromatic rings. The Morgan fingerprint density at radius 3 is 2.15 bits per heavy atom. The van der Waals surface area contributed by atoms with E-state index in [9.17, 15) is 9.59 Å². The van der Waals surface area contributed by atoms with E-state index in [-0.39, 0.29) is 23.1 Å². The van der Waals surface area contributed by atoms with Crippen LogP contribution in [-0.4, -0.2) is 16.1 Å². The molecule has 0 aromatic carbocycles. The van der Waals surface area contributed by atoms with Gasteiger partial charge in [-0.2, -0.15) is 0 Å². The van der Waals surface area contributed by atoms with Crippen LogP contribution in [0, 0.1) is 0 Å². The van der Waals surface area contributed by atoms with Crippen molar-refractivity contribution in [2.24, 2.45) is 7.05 Å². The Bertz CT molecular complexity index is 748. The lowest BCUT2D eigenvalue weighted by Gasteiger charge is -1.98. The van der Waals surface area contributed by atoms with E-state index in [1.54, 1.807) is 42.1 Å². The predicted octanol–water partition coefficient (Wildman–Crippen LogP) is 2.67. The molecule has 0 radical (unpaired) electrons. The molecule has 0 unspecified atom stereocenters. The number of carbonyl (C=O) groups excluding carboxylic acids is 2. The third-order valence-corrected chi connectivity index (χ3v) is 2.99.